The Labute approximate surface area is 141 Å². The van der Waals surface area contributed by atoms with E-state index in [1.54, 1.807) is 43.3 Å². The number of hydrogen-bond acceptors (Lipinski definition) is 4. The summed E-state index contributed by atoms with van der Waals surface area (Å²) in [6, 6.07) is 15.9. The highest BCUT2D eigenvalue weighted by Crippen LogP contribution is 2.13. The van der Waals surface area contributed by atoms with Gasteiger partial charge in [-0.2, -0.15) is 0 Å². The third-order valence-corrected chi connectivity index (χ3v) is 3.73. The standard InChI is InChI=1S/C17H20N2O4S/c1-13(23-16-9-4-3-5-10-16)17(20)18-12-14-7-6-8-15(11-14)19-24(2,21)22/h3-11,13,19H,12H2,1-2H3,(H,18,20)/t13-/m1/s1. The molecule has 0 heterocycles. The molecule has 2 aromatic carbocycles. The molecule has 0 aliphatic carbocycles. The van der Waals surface area contributed by atoms with Crippen LogP contribution in [0.3, 0.4) is 0 Å². The Bertz CT molecular complexity index is 791. The normalized spacial score (nSPS) is 12.2. The fourth-order valence-electron chi connectivity index (χ4n) is 2.05. The van der Waals surface area contributed by atoms with Gasteiger partial charge < -0.3 is 10.1 Å². The number of para-hydroxylation sites is 1. The van der Waals surface area contributed by atoms with Crippen molar-refractivity contribution in [3.8, 4) is 5.75 Å². The molecule has 1 atom stereocenters. The summed E-state index contributed by atoms with van der Waals surface area (Å²) in [4.78, 5) is 12.1. The van der Waals surface area contributed by atoms with E-state index in [4.69, 9.17) is 4.74 Å². The second kappa shape index (κ2) is 7.83. The number of rotatable bonds is 7. The highest BCUT2D eigenvalue weighted by molar-refractivity contribution is 7.92. The SMILES string of the molecule is C[C@@H](Oc1ccccc1)C(=O)NCc1cccc(NS(C)(=O)=O)c1. The van der Waals surface area contributed by atoms with Gasteiger partial charge in [-0.25, -0.2) is 8.42 Å². The molecule has 24 heavy (non-hydrogen) atoms. The van der Waals surface area contributed by atoms with Gasteiger partial charge in [0.05, 0.1) is 6.26 Å². The van der Waals surface area contributed by atoms with Crippen molar-refractivity contribution in [1.82, 2.24) is 5.32 Å². The molecule has 7 heteroatoms. The monoisotopic (exact) mass is 348 g/mol. The van der Waals surface area contributed by atoms with Gasteiger partial charge in [-0.15, -0.1) is 0 Å². The molecule has 0 spiro atoms. The summed E-state index contributed by atoms with van der Waals surface area (Å²) in [5, 5.41) is 2.77. The van der Waals surface area contributed by atoms with Crippen LogP contribution < -0.4 is 14.8 Å². The number of amides is 1. The van der Waals surface area contributed by atoms with E-state index in [-0.39, 0.29) is 12.5 Å². The van der Waals surface area contributed by atoms with Gasteiger partial charge >= 0.3 is 0 Å². The molecule has 1 amide bonds. The minimum Gasteiger partial charge on any atom is -0.481 e. The van der Waals surface area contributed by atoms with Gasteiger partial charge in [0.15, 0.2) is 6.10 Å². The fourth-order valence-corrected chi connectivity index (χ4v) is 2.60. The van der Waals surface area contributed by atoms with Crippen LogP contribution in [0.25, 0.3) is 0 Å². The molecule has 2 N–H and O–H groups in total. The summed E-state index contributed by atoms with van der Waals surface area (Å²) in [6.07, 6.45) is 0.453. The Morgan fingerprint density at radius 1 is 1.12 bits per heavy atom. The first kappa shape index (κ1) is 17.8. The van der Waals surface area contributed by atoms with E-state index in [1.807, 2.05) is 18.2 Å². The molecule has 0 saturated carbocycles. The lowest BCUT2D eigenvalue weighted by atomic mass is 10.2. The first-order chi connectivity index (χ1) is 11.3. The van der Waals surface area contributed by atoms with Gasteiger partial charge in [0.25, 0.3) is 5.91 Å². The van der Waals surface area contributed by atoms with E-state index in [0.717, 1.165) is 11.8 Å². The van der Waals surface area contributed by atoms with Crippen LogP contribution in [0.5, 0.6) is 5.75 Å². The molecule has 2 rings (SSSR count). The number of benzene rings is 2. The Balaban J connectivity index is 1.90. The molecule has 0 aliphatic heterocycles. The maximum atomic E-state index is 12.1. The van der Waals surface area contributed by atoms with Gasteiger partial charge in [-0.1, -0.05) is 30.3 Å². The van der Waals surface area contributed by atoms with Crippen molar-refractivity contribution in [3.63, 3.8) is 0 Å². The maximum Gasteiger partial charge on any atom is 0.261 e. The number of carbonyl (C=O) groups is 1. The van der Waals surface area contributed by atoms with E-state index in [0.29, 0.717) is 11.4 Å². The summed E-state index contributed by atoms with van der Waals surface area (Å²) in [5.41, 5.74) is 1.24. The lowest BCUT2D eigenvalue weighted by Crippen LogP contribution is -2.35. The first-order valence-electron chi connectivity index (χ1n) is 7.39. The zero-order valence-corrected chi connectivity index (χ0v) is 14.3. The van der Waals surface area contributed by atoms with Gasteiger partial charge in [-0.3, -0.25) is 9.52 Å². The average molecular weight is 348 g/mol. The van der Waals surface area contributed by atoms with Crippen molar-refractivity contribution in [1.29, 1.82) is 0 Å². The van der Waals surface area contributed by atoms with Gasteiger partial charge in [0.1, 0.15) is 5.75 Å². The third-order valence-electron chi connectivity index (χ3n) is 3.12. The molecule has 0 unspecified atom stereocenters. The lowest BCUT2D eigenvalue weighted by molar-refractivity contribution is -0.127. The van der Waals surface area contributed by atoms with Crippen molar-refractivity contribution in [3.05, 3.63) is 60.2 Å². The van der Waals surface area contributed by atoms with Crippen molar-refractivity contribution in [2.24, 2.45) is 0 Å². The summed E-state index contributed by atoms with van der Waals surface area (Å²) in [6.45, 7) is 1.95. The Kier molecular flexibility index (Phi) is 5.81. The maximum absolute atomic E-state index is 12.1. The molecule has 0 aliphatic rings. The molecule has 0 fully saturated rings. The van der Waals surface area contributed by atoms with Crippen LogP contribution in [0, 0.1) is 0 Å². The number of ether oxygens (including phenoxy) is 1. The molecular weight excluding hydrogens is 328 g/mol. The van der Waals surface area contributed by atoms with Gasteiger partial charge in [0, 0.05) is 12.2 Å². The minimum absolute atomic E-state index is 0.250. The largest absolute Gasteiger partial charge is 0.481 e. The summed E-state index contributed by atoms with van der Waals surface area (Å²) < 4.78 is 30.4. The number of nitrogens with one attached hydrogen (secondary N) is 2. The van der Waals surface area contributed by atoms with Crippen molar-refractivity contribution in [2.75, 3.05) is 11.0 Å². The third kappa shape index (κ3) is 5.92. The molecule has 0 bridgehead atoms. The van der Waals surface area contributed by atoms with E-state index in [9.17, 15) is 13.2 Å². The van der Waals surface area contributed by atoms with Crippen LogP contribution in [0.2, 0.25) is 0 Å². The van der Waals surface area contributed by atoms with Gasteiger partial charge in [-0.05, 0) is 36.8 Å². The molecular formula is C17H20N2O4S. The second-order valence-electron chi connectivity index (χ2n) is 5.37. The highest BCUT2D eigenvalue weighted by atomic mass is 32.2. The average Bonchev–Trinajstić information content (AvgIpc) is 2.52. The zero-order chi connectivity index (χ0) is 17.6. The first-order valence-corrected chi connectivity index (χ1v) is 9.29. The minimum atomic E-state index is -3.33. The number of anilines is 1. The molecule has 0 radical (unpaired) electrons. The quantitative estimate of drug-likeness (QED) is 0.803. The van der Waals surface area contributed by atoms with E-state index >= 15 is 0 Å². The predicted molar refractivity (Wildman–Crippen MR) is 93.3 cm³/mol. The summed E-state index contributed by atoms with van der Waals surface area (Å²) in [7, 11) is -3.33. The summed E-state index contributed by atoms with van der Waals surface area (Å²) >= 11 is 0. The van der Waals surface area contributed by atoms with E-state index in [2.05, 4.69) is 10.0 Å². The predicted octanol–water partition coefficient (Wildman–Crippen LogP) is 2.14. The van der Waals surface area contributed by atoms with Crippen molar-refractivity contribution < 1.29 is 17.9 Å². The lowest BCUT2D eigenvalue weighted by Gasteiger charge is -2.15. The number of hydrogen-bond donors (Lipinski definition) is 2. The summed E-state index contributed by atoms with van der Waals surface area (Å²) in [5.74, 6) is 0.375. The molecule has 128 valence electrons. The van der Waals surface area contributed by atoms with Crippen LogP contribution in [0.4, 0.5) is 5.69 Å². The molecule has 0 aromatic heterocycles. The van der Waals surface area contributed by atoms with Crippen LogP contribution in [-0.2, 0) is 21.4 Å². The van der Waals surface area contributed by atoms with Crippen LogP contribution in [-0.4, -0.2) is 26.7 Å². The fraction of sp³-hybridized carbons (Fsp3) is 0.235. The Morgan fingerprint density at radius 2 is 1.83 bits per heavy atom. The smallest absolute Gasteiger partial charge is 0.261 e. The van der Waals surface area contributed by atoms with Gasteiger partial charge in [0.2, 0.25) is 10.0 Å². The van der Waals surface area contributed by atoms with Crippen LogP contribution in [0.15, 0.2) is 54.6 Å². The molecule has 2 aromatic rings. The number of carbonyl (C=O) groups excluding carboxylic acids is 1. The Morgan fingerprint density at radius 3 is 2.50 bits per heavy atom. The van der Waals surface area contributed by atoms with Crippen molar-refractivity contribution in [2.45, 2.75) is 19.6 Å². The van der Waals surface area contributed by atoms with E-state index in [1.165, 1.54) is 0 Å². The van der Waals surface area contributed by atoms with Crippen LogP contribution >= 0.6 is 0 Å². The van der Waals surface area contributed by atoms with E-state index < -0.39 is 16.1 Å². The molecule has 0 saturated heterocycles. The highest BCUT2D eigenvalue weighted by Gasteiger charge is 2.14. The zero-order valence-electron chi connectivity index (χ0n) is 13.5. The topological polar surface area (TPSA) is 84.5 Å². The Hall–Kier alpha value is -2.54. The second-order valence-corrected chi connectivity index (χ2v) is 7.11. The molecule has 6 nitrogen and oxygen atoms in total. The van der Waals surface area contributed by atoms with Crippen molar-refractivity contribution >= 4 is 21.6 Å². The van der Waals surface area contributed by atoms with Crippen LogP contribution in [0.1, 0.15) is 12.5 Å². The number of sulfonamides is 1.